The van der Waals surface area contributed by atoms with Crippen LogP contribution in [-0.4, -0.2) is 31.0 Å². The van der Waals surface area contributed by atoms with Crippen LogP contribution in [0.2, 0.25) is 0 Å². The van der Waals surface area contributed by atoms with Crippen LogP contribution in [0.5, 0.6) is 0 Å². The summed E-state index contributed by atoms with van der Waals surface area (Å²) < 4.78 is 10.1. The first kappa shape index (κ1) is 8.87. The topological polar surface area (TPSA) is 35.5 Å². The first-order valence-electron chi connectivity index (χ1n) is 3.71. The Morgan fingerprint density at radius 1 is 1.73 bits per heavy atom. The van der Waals surface area contributed by atoms with Crippen molar-refractivity contribution < 1.29 is 14.3 Å². The molecule has 1 aliphatic rings. The van der Waals surface area contributed by atoms with E-state index >= 15 is 0 Å². The van der Waals surface area contributed by atoms with E-state index in [-0.39, 0.29) is 12.1 Å². The first-order chi connectivity index (χ1) is 5.33. The highest BCUT2D eigenvalue weighted by Crippen LogP contribution is 2.08. The van der Waals surface area contributed by atoms with Crippen molar-refractivity contribution in [1.82, 2.24) is 0 Å². The van der Waals surface area contributed by atoms with Crippen molar-refractivity contribution in [3.05, 3.63) is 0 Å². The number of hydrogen-bond donors (Lipinski definition) is 1. The molecule has 0 radical (unpaired) electrons. The summed E-state index contributed by atoms with van der Waals surface area (Å²) in [5, 5.41) is 0. The van der Waals surface area contributed by atoms with E-state index in [0.717, 1.165) is 6.42 Å². The van der Waals surface area contributed by atoms with Crippen LogP contribution in [0.1, 0.15) is 12.8 Å². The minimum atomic E-state index is -0.171. The molecule has 4 heteroatoms. The lowest BCUT2D eigenvalue weighted by Crippen LogP contribution is -2.17. The Labute approximate surface area is 71.5 Å². The van der Waals surface area contributed by atoms with Crippen molar-refractivity contribution in [1.29, 1.82) is 0 Å². The minimum Gasteiger partial charge on any atom is -0.460 e. The van der Waals surface area contributed by atoms with Gasteiger partial charge >= 0.3 is 5.97 Å². The van der Waals surface area contributed by atoms with Crippen LogP contribution >= 0.6 is 12.6 Å². The van der Waals surface area contributed by atoms with Crippen molar-refractivity contribution in [2.45, 2.75) is 18.9 Å². The van der Waals surface area contributed by atoms with Crippen molar-refractivity contribution in [3.8, 4) is 0 Å². The van der Waals surface area contributed by atoms with E-state index in [4.69, 9.17) is 9.47 Å². The van der Waals surface area contributed by atoms with Crippen LogP contribution < -0.4 is 0 Å². The van der Waals surface area contributed by atoms with Crippen molar-refractivity contribution in [2.75, 3.05) is 19.0 Å². The molecule has 1 unspecified atom stereocenters. The average Bonchev–Trinajstić information content (AvgIpc) is 2.40. The maximum atomic E-state index is 10.9. The summed E-state index contributed by atoms with van der Waals surface area (Å²) in [5.41, 5.74) is 0. The highest BCUT2D eigenvalue weighted by molar-refractivity contribution is 7.80. The Bertz CT molecular complexity index is 132. The van der Waals surface area contributed by atoms with E-state index in [1.54, 1.807) is 0 Å². The third kappa shape index (κ3) is 3.12. The van der Waals surface area contributed by atoms with Gasteiger partial charge in [0, 0.05) is 12.2 Å². The Morgan fingerprint density at radius 3 is 3.09 bits per heavy atom. The molecule has 0 N–H and O–H groups in total. The molecule has 0 aromatic rings. The van der Waals surface area contributed by atoms with Gasteiger partial charge in [0.15, 0.2) is 0 Å². The molecule has 3 nitrogen and oxygen atoms in total. The third-order valence-electron chi connectivity index (χ3n) is 1.50. The Hall–Kier alpha value is -0.220. The SMILES string of the molecule is O=C(CCS)OC1CCOC1. The van der Waals surface area contributed by atoms with Gasteiger partial charge < -0.3 is 9.47 Å². The number of carbonyl (C=O) groups excluding carboxylic acids is 1. The van der Waals surface area contributed by atoms with Crippen molar-refractivity contribution in [3.63, 3.8) is 0 Å². The van der Waals surface area contributed by atoms with E-state index < -0.39 is 0 Å². The van der Waals surface area contributed by atoms with Gasteiger partial charge in [0.25, 0.3) is 0 Å². The molecule has 11 heavy (non-hydrogen) atoms. The van der Waals surface area contributed by atoms with Gasteiger partial charge in [-0.25, -0.2) is 0 Å². The third-order valence-corrected chi connectivity index (χ3v) is 1.73. The van der Waals surface area contributed by atoms with Gasteiger partial charge in [0.1, 0.15) is 6.10 Å². The minimum absolute atomic E-state index is 0.0117. The maximum Gasteiger partial charge on any atom is 0.306 e. The zero-order valence-electron chi connectivity index (χ0n) is 6.28. The number of rotatable bonds is 3. The van der Waals surface area contributed by atoms with Crippen LogP contribution in [0.15, 0.2) is 0 Å². The molecule has 1 aliphatic heterocycles. The van der Waals surface area contributed by atoms with Gasteiger partial charge in [-0.15, -0.1) is 0 Å². The summed E-state index contributed by atoms with van der Waals surface area (Å²) >= 11 is 3.92. The first-order valence-corrected chi connectivity index (χ1v) is 4.34. The predicted molar refractivity (Wildman–Crippen MR) is 43.8 cm³/mol. The Kier molecular flexibility index (Phi) is 3.72. The summed E-state index contributed by atoms with van der Waals surface area (Å²) in [7, 11) is 0. The second-order valence-electron chi connectivity index (χ2n) is 2.45. The summed E-state index contributed by atoms with van der Waals surface area (Å²) in [6.45, 7) is 1.26. The lowest BCUT2D eigenvalue weighted by Gasteiger charge is -2.08. The molecule has 0 spiro atoms. The molecule has 0 saturated carbocycles. The van der Waals surface area contributed by atoms with Gasteiger partial charge in [-0.1, -0.05) is 0 Å². The van der Waals surface area contributed by atoms with Gasteiger partial charge in [0.05, 0.1) is 19.6 Å². The van der Waals surface area contributed by atoms with Crippen LogP contribution in [0, 0.1) is 0 Å². The highest BCUT2D eigenvalue weighted by atomic mass is 32.1. The molecule has 1 atom stereocenters. The molecule has 1 saturated heterocycles. The molecular weight excluding hydrogens is 164 g/mol. The molecule has 0 bridgehead atoms. The standard InChI is InChI=1S/C7H12O3S/c8-7(2-4-11)10-6-1-3-9-5-6/h6,11H,1-5H2. The number of esters is 1. The lowest BCUT2D eigenvalue weighted by atomic mass is 10.3. The molecule has 0 aromatic heterocycles. The van der Waals surface area contributed by atoms with Gasteiger partial charge in [-0.3, -0.25) is 4.79 Å². The van der Waals surface area contributed by atoms with E-state index in [1.807, 2.05) is 0 Å². The highest BCUT2D eigenvalue weighted by Gasteiger charge is 2.18. The summed E-state index contributed by atoms with van der Waals surface area (Å²) in [6, 6.07) is 0. The van der Waals surface area contributed by atoms with Crippen molar-refractivity contribution in [2.24, 2.45) is 0 Å². The van der Waals surface area contributed by atoms with Crippen LogP contribution in [-0.2, 0) is 14.3 Å². The monoisotopic (exact) mass is 176 g/mol. The van der Waals surface area contributed by atoms with E-state index in [9.17, 15) is 4.79 Å². The average molecular weight is 176 g/mol. The Morgan fingerprint density at radius 2 is 2.55 bits per heavy atom. The second kappa shape index (κ2) is 4.62. The lowest BCUT2D eigenvalue weighted by molar-refractivity contribution is -0.148. The summed E-state index contributed by atoms with van der Waals surface area (Å²) in [5.74, 6) is 0.377. The van der Waals surface area contributed by atoms with E-state index in [0.29, 0.717) is 25.4 Å². The maximum absolute atomic E-state index is 10.9. The summed E-state index contributed by atoms with van der Waals surface area (Å²) in [6.07, 6.45) is 1.21. The Balaban J connectivity index is 2.13. The fourth-order valence-corrected chi connectivity index (χ4v) is 1.12. The number of thiol groups is 1. The van der Waals surface area contributed by atoms with E-state index in [1.165, 1.54) is 0 Å². The number of hydrogen-bond acceptors (Lipinski definition) is 4. The largest absolute Gasteiger partial charge is 0.460 e. The molecule has 1 rings (SSSR count). The summed E-state index contributed by atoms with van der Waals surface area (Å²) in [4.78, 5) is 10.9. The molecule has 0 aromatic carbocycles. The smallest absolute Gasteiger partial charge is 0.306 e. The van der Waals surface area contributed by atoms with Crippen LogP contribution in [0.3, 0.4) is 0 Å². The quantitative estimate of drug-likeness (QED) is 0.506. The zero-order chi connectivity index (χ0) is 8.10. The molecule has 0 aliphatic carbocycles. The normalized spacial score (nSPS) is 23.5. The van der Waals surface area contributed by atoms with Crippen LogP contribution in [0.4, 0.5) is 0 Å². The predicted octanol–water partition coefficient (Wildman–Crippen LogP) is 0.638. The van der Waals surface area contributed by atoms with E-state index in [2.05, 4.69) is 12.6 Å². The molecule has 1 heterocycles. The fraction of sp³-hybridized carbons (Fsp3) is 0.857. The van der Waals surface area contributed by atoms with Crippen molar-refractivity contribution >= 4 is 18.6 Å². The molecule has 0 amide bonds. The van der Waals surface area contributed by atoms with Gasteiger partial charge in [-0.05, 0) is 0 Å². The second-order valence-corrected chi connectivity index (χ2v) is 2.90. The number of carbonyl (C=O) groups is 1. The molecular formula is C7H12O3S. The fourth-order valence-electron chi connectivity index (χ4n) is 0.942. The number of ether oxygens (including phenoxy) is 2. The van der Waals surface area contributed by atoms with Crippen LogP contribution in [0.25, 0.3) is 0 Å². The molecule has 64 valence electrons. The van der Waals surface area contributed by atoms with Gasteiger partial charge in [0.2, 0.25) is 0 Å². The zero-order valence-corrected chi connectivity index (χ0v) is 7.18. The molecule has 1 fully saturated rings. The van der Waals surface area contributed by atoms with Gasteiger partial charge in [-0.2, -0.15) is 12.6 Å².